The highest BCUT2D eigenvalue weighted by Gasteiger charge is 2.12. The predicted octanol–water partition coefficient (Wildman–Crippen LogP) is 2.68. The van der Waals surface area contributed by atoms with Crippen LogP contribution in [0.2, 0.25) is 0 Å². The molecule has 128 valence electrons. The van der Waals surface area contributed by atoms with E-state index in [0.29, 0.717) is 5.75 Å². The van der Waals surface area contributed by atoms with Gasteiger partial charge in [0.15, 0.2) is 6.61 Å². The number of aromatic nitrogens is 4. The van der Waals surface area contributed by atoms with Crippen molar-refractivity contribution in [3.8, 4) is 11.4 Å². The number of nitrogens with zero attached hydrogens (tertiary/aromatic N) is 4. The first-order chi connectivity index (χ1) is 12.1. The molecule has 1 amide bonds. The fourth-order valence-corrected chi connectivity index (χ4v) is 2.94. The van der Waals surface area contributed by atoms with Gasteiger partial charge in [0.2, 0.25) is 0 Å². The first-order valence-corrected chi connectivity index (χ1v) is 8.43. The summed E-state index contributed by atoms with van der Waals surface area (Å²) >= 11 is 3.49. The molecular formula is C17H16BrN5O2. The Labute approximate surface area is 153 Å². The molecule has 25 heavy (non-hydrogen) atoms. The standard InChI is InChI=1S/C17H16BrN5O2/c1-12(15-4-2-3-5-16(15)18)20-17(24)10-25-14-8-6-13(7-9-14)23-11-19-21-22-23/h2-9,11-12H,10H2,1H3,(H,20,24)/t12-/m0/s1. The van der Waals surface area contributed by atoms with E-state index in [4.69, 9.17) is 4.74 Å². The average Bonchev–Trinajstić information content (AvgIpc) is 3.15. The Hall–Kier alpha value is -2.74. The molecule has 1 atom stereocenters. The van der Waals surface area contributed by atoms with E-state index in [1.54, 1.807) is 12.1 Å². The molecule has 0 saturated carbocycles. The third-order valence-corrected chi connectivity index (χ3v) is 4.29. The Morgan fingerprint density at radius 1 is 1.24 bits per heavy atom. The highest BCUT2D eigenvalue weighted by atomic mass is 79.9. The van der Waals surface area contributed by atoms with Gasteiger partial charge < -0.3 is 10.1 Å². The van der Waals surface area contributed by atoms with Crippen molar-refractivity contribution in [2.24, 2.45) is 0 Å². The molecule has 3 aromatic rings. The average molecular weight is 402 g/mol. The molecular weight excluding hydrogens is 386 g/mol. The van der Waals surface area contributed by atoms with E-state index in [-0.39, 0.29) is 18.6 Å². The van der Waals surface area contributed by atoms with Gasteiger partial charge in [0.25, 0.3) is 5.91 Å². The van der Waals surface area contributed by atoms with E-state index in [9.17, 15) is 4.79 Å². The summed E-state index contributed by atoms with van der Waals surface area (Å²) < 4.78 is 8.02. The van der Waals surface area contributed by atoms with Gasteiger partial charge in [-0.1, -0.05) is 34.1 Å². The Bertz CT molecular complexity index is 837. The van der Waals surface area contributed by atoms with Crippen LogP contribution in [-0.2, 0) is 4.79 Å². The summed E-state index contributed by atoms with van der Waals surface area (Å²) in [4.78, 5) is 12.1. The molecule has 0 spiro atoms. The topological polar surface area (TPSA) is 81.9 Å². The minimum absolute atomic E-state index is 0.0565. The Kier molecular flexibility index (Phi) is 5.39. The fourth-order valence-electron chi connectivity index (χ4n) is 2.31. The smallest absolute Gasteiger partial charge is 0.258 e. The van der Waals surface area contributed by atoms with Crippen LogP contribution >= 0.6 is 15.9 Å². The first-order valence-electron chi connectivity index (χ1n) is 7.63. The van der Waals surface area contributed by atoms with Crippen LogP contribution in [0.25, 0.3) is 5.69 Å². The van der Waals surface area contributed by atoms with Gasteiger partial charge in [-0.3, -0.25) is 4.79 Å². The molecule has 1 aromatic heterocycles. The molecule has 2 aromatic carbocycles. The van der Waals surface area contributed by atoms with Crippen LogP contribution in [0.15, 0.2) is 59.3 Å². The summed E-state index contributed by atoms with van der Waals surface area (Å²) in [6.07, 6.45) is 1.51. The molecule has 0 fully saturated rings. The van der Waals surface area contributed by atoms with Crippen molar-refractivity contribution in [2.45, 2.75) is 13.0 Å². The number of hydrogen-bond acceptors (Lipinski definition) is 5. The number of halogens is 1. The van der Waals surface area contributed by atoms with Gasteiger partial charge in [-0.25, -0.2) is 4.68 Å². The van der Waals surface area contributed by atoms with Gasteiger partial charge in [-0.15, -0.1) is 5.10 Å². The molecule has 0 radical (unpaired) electrons. The zero-order valence-corrected chi connectivity index (χ0v) is 15.0. The Balaban J connectivity index is 1.53. The zero-order chi connectivity index (χ0) is 17.6. The van der Waals surface area contributed by atoms with Crippen molar-refractivity contribution in [1.82, 2.24) is 25.5 Å². The molecule has 3 rings (SSSR count). The highest BCUT2D eigenvalue weighted by molar-refractivity contribution is 9.10. The van der Waals surface area contributed by atoms with E-state index < -0.39 is 0 Å². The fraction of sp³-hybridized carbons (Fsp3) is 0.176. The normalized spacial score (nSPS) is 11.8. The van der Waals surface area contributed by atoms with Crippen LogP contribution in [0.1, 0.15) is 18.5 Å². The van der Waals surface area contributed by atoms with Crippen molar-refractivity contribution in [1.29, 1.82) is 0 Å². The summed E-state index contributed by atoms with van der Waals surface area (Å²) in [5.41, 5.74) is 1.82. The largest absolute Gasteiger partial charge is 0.484 e. The summed E-state index contributed by atoms with van der Waals surface area (Å²) in [6.45, 7) is 1.87. The van der Waals surface area contributed by atoms with Crippen molar-refractivity contribution < 1.29 is 9.53 Å². The number of ether oxygens (including phenoxy) is 1. The van der Waals surface area contributed by atoms with Gasteiger partial charge in [0, 0.05) is 4.47 Å². The van der Waals surface area contributed by atoms with Crippen molar-refractivity contribution in [3.05, 3.63) is 64.9 Å². The lowest BCUT2D eigenvalue weighted by atomic mass is 10.1. The molecule has 0 aliphatic heterocycles. The second kappa shape index (κ2) is 7.89. The van der Waals surface area contributed by atoms with Crippen LogP contribution in [0.3, 0.4) is 0 Å². The van der Waals surface area contributed by atoms with Gasteiger partial charge in [-0.2, -0.15) is 0 Å². The minimum atomic E-state index is -0.187. The second-order valence-corrected chi connectivity index (χ2v) is 6.20. The molecule has 8 heteroatoms. The van der Waals surface area contributed by atoms with E-state index >= 15 is 0 Å². The first kappa shape index (κ1) is 17.1. The van der Waals surface area contributed by atoms with E-state index in [1.807, 2.05) is 43.3 Å². The highest BCUT2D eigenvalue weighted by Crippen LogP contribution is 2.22. The van der Waals surface area contributed by atoms with Crippen molar-refractivity contribution >= 4 is 21.8 Å². The van der Waals surface area contributed by atoms with Crippen LogP contribution in [-0.4, -0.2) is 32.7 Å². The van der Waals surface area contributed by atoms with Gasteiger partial charge in [0.1, 0.15) is 12.1 Å². The molecule has 0 saturated heterocycles. The lowest BCUT2D eigenvalue weighted by Gasteiger charge is -2.16. The molecule has 1 heterocycles. The number of amides is 1. The van der Waals surface area contributed by atoms with Gasteiger partial charge in [-0.05, 0) is 53.2 Å². The lowest BCUT2D eigenvalue weighted by molar-refractivity contribution is -0.123. The molecule has 1 N–H and O–H groups in total. The van der Waals surface area contributed by atoms with E-state index in [2.05, 4.69) is 36.8 Å². The third kappa shape index (κ3) is 4.42. The lowest BCUT2D eigenvalue weighted by Crippen LogP contribution is -2.31. The number of benzene rings is 2. The van der Waals surface area contributed by atoms with Crippen LogP contribution in [0.5, 0.6) is 5.75 Å². The molecule has 7 nitrogen and oxygen atoms in total. The molecule has 0 aliphatic carbocycles. The zero-order valence-electron chi connectivity index (χ0n) is 13.5. The maximum atomic E-state index is 12.1. The van der Waals surface area contributed by atoms with Gasteiger partial charge in [0.05, 0.1) is 11.7 Å². The number of tetrazole rings is 1. The quantitative estimate of drug-likeness (QED) is 0.686. The van der Waals surface area contributed by atoms with Crippen molar-refractivity contribution in [2.75, 3.05) is 6.61 Å². The van der Waals surface area contributed by atoms with Gasteiger partial charge >= 0.3 is 0 Å². The summed E-state index contributed by atoms with van der Waals surface area (Å²) in [5.74, 6) is 0.410. The molecule has 0 aliphatic rings. The maximum absolute atomic E-state index is 12.1. The predicted molar refractivity (Wildman–Crippen MR) is 95.3 cm³/mol. The minimum Gasteiger partial charge on any atom is -0.484 e. The molecule has 0 unspecified atom stereocenters. The van der Waals surface area contributed by atoms with Crippen molar-refractivity contribution in [3.63, 3.8) is 0 Å². The van der Waals surface area contributed by atoms with Crippen LogP contribution in [0, 0.1) is 0 Å². The maximum Gasteiger partial charge on any atom is 0.258 e. The number of carbonyl (C=O) groups excluding carboxylic acids is 1. The van der Waals surface area contributed by atoms with E-state index in [1.165, 1.54) is 11.0 Å². The summed E-state index contributed by atoms with van der Waals surface area (Å²) in [6, 6.07) is 14.8. The number of carbonyl (C=O) groups is 1. The Morgan fingerprint density at radius 3 is 2.68 bits per heavy atom. The Morgan fingerprint density at radius 2 is 2.00 bits per heavy atom. The van der Waals surface area contributed by atoms with Crippen LogP contribution in [0.4, 0.5) is 0 Å². The summed E-state index contributed by atoms with van der Waals surface area (Å²) in [5, 5.41) is 13.9. The number of hydrogen-bond donors (Lipinski definition) is 1. The second-order valence-electron chi connectivity index (χ2n) is 5.35. The monoisotopic (exact) mass is 401 g/mol. The van der Waals surface area contributed by atoms with E-state index in [0.717, 1.165) is 15.7 Å². The third-order valence-electron chi connectivity index (χ3n) is 3.57. The number of nitrogens with one attached hydrogen (secondary N) is 1. The summed E-state index contributed by atoms with van der Waals surface area (Å²) in [7, 11) is 0. The number of rotatable bonds is 6. The van der Waals surface area contributed by atoms with Crippen LogP contribution < -0.4 is 10.1 Å². The molecule has 0 bridgehead atoms. The SMILES string of the molecule is C[C@H](NC(=O)COc1ccc(-n2cnnn2)cc1)c1ccccc1Br.